The highest BCUT2D eigenvalue weighted by atomic mass is 19.3. The van der Waals surface area contributed by atoms with E-state index in [1.807, 2.05) is 0 Å². The topological polar surface area (TPSA) is 26.3 Å². The van der Waals surface area contributed by atoms with E-state index in [1.54, 1.807) is 0 Å². The zero-order valence-corrected chi connectivity index (χ0v) is 5.71. The Hall–Kier alpha value is -1.14. The van der Waals surface area contributed by atoms with Crippen LogP contribution in [-0.4, -0.2) is 19.0 Å². The molecule has 12 heavy (non-hydrogen) atoms. The summed E-state index contributed by atoms with van der Waals surface area (Å²) >= 11 is 0. The molecule has 0 N–H and O–H groups in total. The van der Waals surface area contributed by atoms with Crippen LogP contribution in [-0.2, 0) is 9.53 Å². The lowest BCUT2D eigenvalue weighted by atomic mass is 10.3. The Morgan fingerprint density at radius 2 is 1.67 bits per heavy atom. The summed E-state index contributed by atoms with van der Waals surface area (Å²) in [6, 6.07) is 0. The molecule has 0 saturated heterocycles. The first-order valence-electron chi connectivity index (χ1n) is 2.51. The lowest BCUT2D eigenvalue weighted by Crippen LogP contribution is -2.31. The van der Waals surface area contributed by atoms with Crippen molar-refractivity contribution in [2.75, 3.05) is 7.11 Å². The minimum absolute atomic E-state index is 0.527. The van der Waals surface area contributed by atoms with Gasteiger partial charge in [-0.3, -0.25) is 0 Å². The molecule has 0 radical (unpaired) electrons. The maximum atomic E-state index is 12.1. The van der Waals surface area contributed by atoms with Crippen LogP contribution in [0.25, 0.3) is 0 Å². The van der Waals surface area contributed by atoms with E-state index < -0.39 is 23.8 Å². The smallest absolute Gasteiger partial charge is 0.398 e. The predicted octanol–water partition coefficient (Wildman–Crippen LogP) is 1.87. The molecule has 0 unspecified atom stereocenters. The Morgan fingerprint density at radius 1 is 1.25 bits per heavy atom. The molecule has 0 atom stereocenters. The molecule has 0 aliphatic rings. The van der Waals surface area contributed by atoms with E-state index in [1.165, 1.54) is 0 Å². The molecule has 7 heteroatoms. The Labute approximate surface area is 63.6 Å². The molecule has 0 aliphatic carbocycles. The van der Waals surface area contributed by atoms with Crippen molar-refractivity contribution in [3.63, 3.8) is 0 Å². The van der Waals surface area contributed by atoms with Crippen molar-refractivity contribution in [1.29, 1.82) is 0 Å². The van der Waals surface area contributed by atoms with Crippen molar-refractivity contribution >= 4 is 5.97 Å². The van der Waals surface area contributed by atoms with Gasteiger partial charge in [0.15, 0.2) is 0 Å². The third kappa shape index (κ3) is 1.93. The Balaban J connectivity index is 4.86. The molecule has 0 aromatic carbocycles. The van der Waals surface area contributed by atoms with Crippen LogP contribution in [0.1, 0.15) is 0 Å². The number of carbonyl (C=O) groups is 1. The molecular formula is C5H3F5O2. The van der Waals surface area contributed by atoms with Gasteiger partial charge in [0.1, 0.15) is 0 Å². The first-order valence-corrected chi connectivity index (χ1v) is 2.51. The third-order valence-corrected chi connectivity index (χ3v) is 0.883. The predicted molar refractivity (Wildman–Crippen MR) is 27.3 cm³/mol. The van der Waals surface area contributed by atoms with Crippen LogP contribution >= 0.6 is 0 Å². The van der Waals surface area contributed by atoms with Gasteiger partial charge in [0, 0.05) is 0 Å². The van der Waals surface area contributed by atoms with Gasteiger partial charge in [0.05, 0.1) is 7.11 Å². The van der Waals surface area contributed by atoms with Crippen LogP contribution < -0.4 is 0 Å². The van der Waals surface area contributed by atoms with E-state index in [0.717, 1.165) is 0 Å². The van der Waals surface area contributed by atoms with Gasteiger partial charge in [-0.05, 0) is 0 Å². The molecule has 0 rings (SSSR count). The number of methoxy groups -OCH3 is 1. The number of carbonyl (C=O) groups excluding carboxylic acids is 1. The number of hydrogen-bond acceptors (Lipinski definition) is 2. The summed E-state index contributed by atoms with van der Waals surface area (Å²) < 4.78 is 61.8. The second kappa shape index (κ2) is 3.51. The molecule has 2 nitrogen and oxygen atoms in total. The average Bonchev–Trinajstić information content (AvgIpc) is 2.01. The molecule has 0 bridgehead atoms. The molecule has 0 fully saturated rings. The molecule has 0 aromatic rings. The summed E-state index contributed by atoms with van der Waals surface area (Å²) in [5, 5.41) is 0. The first kappa shape index (κ1) is 10.9. The fraction of sp³-hybridized carbons (Fsp3) is 0.400. The van der Waals surface area contributed by atoms with Crippen LogP contribution in [0, 0.1) is 0 Å². The fourth-order valence-corrected chi connectivity index (χ4v) is 0.336. The van der Waals surface area contributed by atoms with Crippen molar-refractivity contribution in [2.45, 2.75) is 5.92 Å². The van der Waals surface area contributed by atoms with Gasteiger partial charge >= 0.3 is 18.0 Å². The Bertz CT molecular complexity index is 218. The van der Waals surface area contributed by atoms with Crippen molar-refractivity contribution in [3.8, 4) is 0 Å². The van der Waals surface area contributed by atoms with E-state index in [4.69, 9.17) is 0 Å². The lowest BCUT2D eigenvalue weighted by Gasteiger charge is -2.09. The van der Waals surface area contributed by atoms with Gasteiger partial charge in [-0.25, -0.2) is 4.79 Å². The molecule has 0 heterocycles. The van der Waals surface area contributed by atoms with Crippen LogP contribution in [0.5, 0.6) is 0 Å². The normalized spacial score (nSPS) is 10.8. The fourth-order valence-electron chi connectivity index (χ4n) is 0.336. The number of alkyl halides is 2. The summed E-state index contributed by atoms with van der Waals surface area (Å²) in [6.45, 7) is 0. The highest BCUT2D eigenvalue weighted by Crippen LogP contribution is 2.30. The van der Waals surface area contributed by atoms with Gasteiger partial charge in [0.2, 0.25) is 5.83 Å². The third-order valence-electron chi connectivity index (χ3n) is 0.883. The van der Waals surface area contributed by atoms with Crippen LogP contribution in [0.3, 0.4) is 0 Å². The summed E-state index contributed by atoms with van der Waals surface area (Å²) in [7, 11) is 0.527. The molecule has 0 spiro atoms. The highest BCUT2D eigenvalue weighted by molar-refractivity contribution is 5.80. The van der Waals surface area contributed by atoms with Crippen LogP contribution in [0.4, 0.5) is 22.0 Å². The minimum atomic E-state index is -4.91. The second-order valence-electron chi connectivity index (χ2n) is 1.64. The number of ether oxygens (including phenoxy) is 1. The highest BCUT2D eigenvalue weighted by Gasteiger charge is 2.48. The molecule has 70 valence electrons. The quantitative estimate of drug-likeness (QED) is 0.490. The minimum Gasteiger partial charge on any atom is -0.464 e. The lowest BCUT2D eigenvalue weighted by molar-refractivity contribution is -0.165. The molecule has 0 aliphatic heterocycles. The molecular weight excluding hydrogens is 187 g/mol. The molecule has 0 saturated carbocycles. The van der Waals surface area contributed by atoms with Gasteiger partial charge in [-0.1, -0.05) is 0 Å². The van der Waals surface area contributed by atoms with E-state index in [0.29, 0.717) is 7.11 Å². The Morgan fingerprint density at radius 3 is 1.92 bits per heavy atom. The summed E-state index contributed by atoms with van der Waals surface area (Å²) in [6.07, 6.45) is -3.24. The summed E-state index contributed by atoms with van der Waals surface area (Å²) in [4.78, 5) is 10.00. The van der Waals surface area contributed by atoms with E-state index in [2.05, 4.69) is 4.74 Å². The number of halogens is 5. The summed E-state index contributed by atoms with van der Waals surface area (Å²) in [5.41, 5.74) is 0. The van der Waals surface area contributed by atoms with Crippen LogP contribution in [0.2, 0.25) is 0 Å². The number of esters is 1. The van der Waals surface area contributed by atoms with Gasteiger partial charge in [0.25, 0.3) is 0 Å². The maximum absolute atomic E-state index is 12.1. The van der Waals surface area contributed by atoms with E-state index in [9.17, 15) is 26.7 Å². The van der Waals surface area contributed by atoms with Crippen molar-refractivity contribution in [3.05, 3.63) is 11.9 Å². The van der Waals surface area contributed by atoms with Crippen molar-refractivity contribution < 1.29 is 31.5 Å². The van der Waals surface area contributed by atoms with Gasteiger partial charge < -0.3 is 4.74 Å². The standard InChI is InChI=1S/C5H3F5O2/c1-12-4(11)5(9,10)2(6)3(7)8/h1H3. The maximum Gasteiger partial charge on any atom is 0.398 e. The average molecular weight is 190 g/mol. The van der Waals surface area contributed by atoms with Crippen LogP contribution in [0.15, 0.2) is 11.9 Å². The van der Waals surface area contributed by atoms with Crippen molar-refractivity contribution in [1.82, 2.24) is 0 Å². The zero-order valence-electron chi connectivity index (χ0n) is 5.71. The van der Waals surface area contributed by atoms with E-state index in [-0.39, 0.29) is 0 Å². The monoisotopic (exact) mass is 190 g/mol. The van der Waals surface area contributed by atoms with E-state index >= 15 is 0 Å². The molecule has 0 amide bonds. The SMILES string of the molecule is COC(=O)C(F)(F)C(F)=C(F)F. The van der Waals surface area contributed by atoms with Gasteiger partial charge in [-0.2, -0.15) is 22.0 Å². The first-order chi connectivity index (χ1) is 5.34. The number of rotatable bonds is 2. The molecule has 0 aromatic heterocycles. The van der Waals surface area contributed by atoms with Gasteiger partial charge in [-0.15, -0.1) is 0 Å². The van der Waals surface area contributed by atoms with Crippen molar-refractivity contribution in [2.24, 2.45) is 0 Å². The zero-order chi connectivity index (χ0) is 9.94. The summed E-state index contributed by atoms with van der Waals surface area (Å²) in [5.74, 6) is -10.4. The number of hydrogen-bond donors (Lipinski definition) is 0. The second-order valence-corrected chi connectivity index (χ2v) is 1.64. The Kier molecular flexibility index (Phi) is 3.17. The largest absolute Gasteiger partial charge is 0.464 e.